The van der Waals surface area contributed by atoms with Crippen molar-refractivity contribution in [2.45, 2.75) is 13.8 Å². The lowest BCUT2D eigenvalue weighted by atomic mass is 9.98. The average molecular weight is 378 g/mol. The van der Waals surface area contributed by atoms with E-state index in [-0.39, 0.29) is 23.9 Å². The summed E-state index contributed by atoms with van der Waals surface area (Å²) in [6, 6.07) is 3.26. The molecule has 1 N–H and O–H groups in total. The summed E-state index contributed by atoms with van der Waals surface area (Å²) in [4.78, 5) is 12.6. The number of carbonyl (C=O) groups excluding carboxylic acids is 1. The number of phenolic OH excluding ortho intramolecular Hbond substituents is 1. The lowest BCUT2D eigenvalue weighted by Gasteiger charge is -2.18. The molecule has 0 saturated carbocycles. The number of ether oxygens (including phenoxy) is 3. The Labute approximate surface area is 155 Å². The van der Waals surface area contributed by atoms with Crippen LogP contribution < -0.4 is 9.47 Å². The molecule has 7 heteroatoms. The summed E-state index contributed by atoms with van der Waals surface area (Å²) in [6.45, 7) is 3.25. The molecule has 0 unspecified atom stereocenters. The van der Waals surface area contributed by atoms with Gasteiger partial charge in [-0.15, -0.1) is 0 Å². The molecule has 0 bridgehead atoms. The normalized spacial score (nSPS) is 11.0. The number of aromatic hydroxyl groups is 1. The van der Waals surface area contributed by atoms with Crippen molar-refractivity contribution in [2.24, 2.45) is 0 Å². The highest BCUT2D eigenvalue weighted by Gasteiger charge is 2.24. The first-order valence-corrected chi connectivity index (χ1v) is 8.01. The van der Waals surface area contributed by atoms with E-state index in [4.69, 9.17) is 14.2 Å². The van der Waals surface area contributed by atoms with Gasteiger partial charge in [0.05, 0.1) is 7.11 Å². The maximum Gasteiger partial charge on any atom is 0.193 e. The summed E-state index contributed by atoms with van der Waals surface area (Å²) in [7, 11) is 2.83. The Morgan fingerprint density at radius 1 is 1.11 bits per heavy atom. The first-order chi connectivity index (χ1) is 12.8. The number of phenols is 1. The van der Waals surface area contributed by atoms with Gasteiger partial charge in [0.15, 0.2) is 24.2 Å². The molecule has 0 heterocycles. The zero-order chi connectivity index (χ0) is 20.1. The Bertz CT molecular complexity index is 891. The van der Waals surface area contributed by atoms with E-state index >= 15 is 0 Å². The summed E-state index contributed by atoms with van der Waals surface area (Å²) < 4.78 is 41.9. The molecular formula is C20H20F2O5. The van der Waals surface area contributed by atoms with Gasteiger partial charge in [0.25, 0.3) is 0 Å². The molecule has 0 aliphatic rings. The van der Waals surface area contributed by atoms with Crippen LogP contribution in [0.4, 0.5) is 8.78 Å². The molecule has 2 rings (SSSR count). The Morgan fingerprint density at radius 2 is 1.81 bits per heavy atom. The molecule has 2 aromatic carbocycles. The van der Waals surface area contributed by atoms with Crippen molar-refractivity contribution in [2.75, 3.05) is 21.0 Å². The van der Waals surface area contributed by atoms with Crippen LogP contribution in [-0.4, -0.2) is 31.9 Å². The molecule has 2 aromatic rings. The lowest BCUT2D eigenvalue weighted by molar-refractivity contribution is 0.0497. The smallest absolute Gasteiger partial charge is 0.193 e. The van der Waals surface area contributed by atoms with Crippen LogP contribution in [-0.2, 0) is 4.74 Å². The highest BCUT2D eigenvalue weighted by Crippen LogP contribution is 2.42. The maximum absolute atomic E-state index is 13.3. The van der Waals surface area contributed by atoms with E-state index in [0.717, 1.165) is 18.2 Å². The van der Waals surface area contributed by atoms with Gasteiger partial charge < -0.3 is 19.3 Å². The molecule has 0 amide bonds. The van der Waals surface area contributed by atoms with Gasteiger partial charge in [-0.25, -0.2) is 8.78 Å². The Kier molecular flexibility index (Phi) is 6.52. The van der Waals surface area contributed by atoms with Gasteiger partial charge in [0.1, 0.15) is 22.8 Å². The number of rotatable bonds is 7. The number of allylic oxidation sites excluding steroid dienone is 1. The van der Waals surface area contributed by atoms with Gasteiger partial charge in [-0.1, -0.05) is 12.1 Å². The van der Waals surface area contributed by atoms with Gasteiger partial charge in [0, 0.05) is 18.2 Å². The van der Waals surface area contributed by atoms with Crippen LogP contribution in [0.2, 0.25) is 0 Å². The number of hydrogen-bond donors (Lipinski definition) is 1. The quantitative estimate of drug-likeness (QED) is 0.445. The van der Waals surface area contributed by atoms with E-state index < -0.39 is 17.4 Å². The first kappa shape index (κ1) is 20.4. The predicted molar refractivity (Wildman–Crippen MR) is 96.4 cm³/mol. The molecular weight excluding hydrogens is 358 g/mol. The summed E-state index contributed by atoms with van der Waals surface area (Å²) >= 11 is 0. The van der Waals surface area contributed by atoms with Crippen LogP contribution in [0.15, 0.2) is 24.3 Å². The first-order valence-electron chi connectivity index (χ1n) is 8.01. The molecule has 5 nitrogen and oxygen atoms in total. The van der Waals surface area contributed by atoms with Crippen molar-refractivity contribution < 1.29 is 32.9 Å². The van der Waals surface area contributed by atoms with E-state index in [1.54, 1.807) is 13.8 Å². The number of carbonyl (C=O) groups is 1. The number of halogens is 2. The van der Waals surface area contributed by atoms with Crippen LogP contribution in [0.5, 0.6) is 17.2 Å². The van der Waals surface area contributed by atoms with Gasteiger partial charge >= 0.3 is 0 Å². The largest absolute Gasteiger partial charge is 0.507 e. The van der Waals surface area contributed by atoms with Crippen LogP contribution >= 0.6 is 0 Å². The molecule has 0 aliphatic heterocycles. The Balaban J connectivity index is 2.45. The summed E-state index contributed by atoms with van der Waals surface area (Å²) in [5, 5.41) is 10.5. The molecule has 0 aliphatic carbocycles. The standard InChI is InChI=1S/C20H20F2O5/c1-11-18(24)17(20(26-4)12(2)19(11)27-10-25-3)16(23)8-6-13-5-7-14(21)15(22)9-13/h5-9,24H,10H2,1-4H3/b8-6+. The highest BCUT2D eigenvalue weighted by atomic mass is 19.2. The van der Waals surface area contributed by atoms with Gasteiger partial charge in [-0.05, 0) is 37.6 Å². The topological polar surface area (TPSA) is 65.0 Å². The van der Waals surface area contributed by atoms with Gasteiger partial charge in [-0.2, -0.15) is 0 Å². The fraction of sp³-hybridized carbons (Fsp3) is 0.250. The lowest BCUT2D eigenvalue weighted by Crippen LogP contribution is -2.08. The van der Waals surface area contributed by atoms with Gasteiger partial charge in [-0.3, -0.25) is 4.79 Å². The van der Waals surface area contributed by atoms with E-state index in [0.29, 0.717) is 22.4 Å². The van der Waals surface area contributed by atoms with E-state index in [2.05, 4.69) is 0 Å². The van der Waals surface area contributed by atoms with Crippen molar-refractivity contribution in [1.82, 2.24) is 0 Å². The maximum atomic E-state index is 13.3. The molecule has 0 aromatic heterocycles. The number of methoxy groups -OCH3 is 2. The van der Waals surface area contributed by atoms with Crippen molar-refractivity contribution >= 4 is 11.9 Å². The second kappa shape index (κ2) is 8.64. The minimum absolute atomic E-state index is 0.0341. The molecule has 0 spiro atoms. The zero-order valence-corrected chi connectivity index (χ0v) is 15.4. The minimum Gasteiger partial charge on any atom is -0.507 e. The average Bonchev–Trinajstić information content (AvgIpc) is 2.65. The molecule has 0 fully saturated rings. The van der Waals surface area contributed by atoms with Crippen molar-refractivity contribution in [3.63, 3.8) is 0 Å². The number of hydrogen-bond acceptors (Lipinski definition) is 5. The van der Waals surface area contributed by atoms with Crippen LogP contribution in [0.3, 0.4) is 0 Å². The minimum atomic E-state index is -1.02. The highest BCUT2D eigenvalue weighted by molar-refractivity contribution is 6.11. The second-order valence-electron chi connectivity index (χ2n) is 5.76. The Hall–Kier alpha value is -2.93. The zero-order valence-electron chi connectivity index (χ0n) is 15.4. The third-order valence-electron chi connectivity index (χ3n) is 3.98. The third kappa shape index (κ3) is 4.25. The summed E-state index contributed by atoms with van der Waals surface area (Å²) in [6.07, 6.45) is 2.47. The van der Waals surface area contributed by atoms with Crippen LogP contribution in [0, 0.1) is 25.5 Å². The van der Waals surface area contributed by atoms with Crippen LogP contribution in [0.25, 0.3) is 6.08 Å². The molecule has 0 radical (unpaired) electrons. The summed E-state index contributed by atoms with van der Waals surface area (Å²) in [5.74, 6) is -2.33. The molecule has 144 valence electrons. The SMILES string of the molecule is COCOc1c(C)c(O)c(C(=O)/C=C/c2ccc(F)c(F)c2)c(OC)c1C. The third-order valence-corrected chi connectivity index (χ3v) is 3.98. The monoisotopic (exact) mass is 378 g/mol. The fourth-order valence-electron chi connectivity index (χ4n) is 2.66. The van der Waals surface area contributed by atoms with E-state index in [1.165, 1.54) is 26.4 Å². The fourth-order valence-corrected chi connectivity index (χ4v) is 2.66. The Morgan fingerprint density at radius 3 is 2.41 bits per heavy atom. The van der Waals surface area contributed by atoms with Crippen molar-refractivity contribution in [1.29, 1.82) is 0 Å². The van der Waals surface area contributed by atoms with E-state index in [1.807, 2.05) is 0 Å². The van der Waals surface area contributed by atoms with Crippen LogP contribution in [0.1, 0.15) is 27.0 Å². The van der Waals surface area contributed by atoms with Crippen molar-refractivity contribution in [3.8, 4) is 17.2 Å². The van der Waals surface area contributed by atoms with E-state index in [9.17, 15) is 18.7 Å². The molecule has 27 heavy (non-hydrogen) atoms. The van der Waals surface area contributed by atoms with Gasteiger partial charge in [0.2, 0.25) is 0 Å². The number of ketones is 1. The van der Waals surface area contributed by atoms with Crippen molar-refractivity contribution in [3.05, 3.63) is 58.2 Å². The predicted octanol–water partition coefficient (Wildman–Crippen LogP) is 4.17. The second-order valence-corrected chi connectivity index (χ2v) is 5.76. The summed E-state index contributed by atoms with van der Waals surface area (Å²) in [5.41, 5.74) is 1.13. The number of benzene rings is 2. The molecule has 0 atom stereocenters. The molecule has 0 saturated heterocycles.